The van der Waals surface area contributed by atoms with Gasteiger partial charge in [-0.05, 0) is 35.2 Å². The number of hydrogen-bond donors (Lipinski definition) is 1. The zero-order chi connectivity index (χ0) is 14.9. The Bertz CT molecular complexity index is 656. The van der Waals surface area contributed by atoms with E-state index in [1.54, 1.807) is 0 Å². The van der Waals surface area contributed by atoms with Gasteiger partial charge in [0.1, 0.15) is 0 Å². The van der Waals surface area contributed by atoms with E-state index in [9.17, 15) is 4.79 Å². The van der Waals surface area contributed by atoms with Crippen molar-refractivity contribution in [1.29, 1.82) is 0 Å². The SMILES string of the molecule is CN(Cc1ccc2ccccc2c1)C(=O)C1(CN)CCC1. The molecule has 21 heavy (non-hydrogen) atoms. The second-order valence-corrected chi connectivity index (χ2v) is 6.18. The first-order valence-electron chi connectivity index (χ1n) is 7.58. The highest BCUT2D eigenvalue weighted by molar-refractivity contribution is 5.85. The van der Waals surface area contributed by atoms with E-state index in [2.05, 4.69) is 30.3 Å². The number of carbonyl (C=O) groups is 1. The molecule has 3 heteroatoms. The maximum atomic E-state index is 12.6. The van der Waals surface area contributed by atoms with Crippen LogP contribution >= 0.6 is 0 Å². The van der Waals surface area contributed by atoms with E-state index in [0.717, 1.165) is 24.8 Å². The summed E-state index contributed by atoms with van der Waals surface area (Å²) in [7, 11) is 1.88. The fourth-order valence-electron chi connectivity index (χ4n) is 3.20. The molecule has 0 unspecified atom stereocenters. The lowest BCUT2D eigenvalue weighted by Crippen LogP contribution is -2.50. The van der Waals surface area contributed by atoms with E-state index in [1.165, 1.54) is 10.8 Å². The number of amides is 1. The molecule has 0 saturated heterocycles. The molecule has 0 atom stereocenters. The first kappa shape index (κ1) is 14.1. The summed E-state index contributed by atoms with van der Waals surface area (Å²) in [5, 5.41) is 2.45. The molecule has 1 fully saturated rings. The molecule has 1 saturated carbocycles. The van der Waals surface area contributed by atoms with Crippen LogP contribution in [0.3, 0.4) is 0 Å². The van der Waals surface area contributed by atoms with Crippen LogP contribution < -0.4 is 5.73 Å². The van der Waals surface area contributed by atoms with Crippen molar-refractivity contribution in [1.82, 2.24) is 4.90 Å². The van der Waals surface area contributed by atoms with Crippen LogP contribution in [0.5, 0.6) is 0 Å². The molecule has 110 valence electrons. The highest BCUT2D eigenvalue weighted by atomic mass is 16.2. The number of hydrogen-bond acceptors (Lipinski definition) is 2. The number of nitrogens with two attached hydrogens (primary N) is 1. The summed E-state index contributed by atoms with van der Waals surface area (Å²) in [6.07, 6.45) is 2.99. The third-order valence-electron chi connectivity index (χ3n) is 4.74. The summed E-state index contributed by atoms with van der Waals surface area (Å²) in [6.45, 7) is 1.11. The molecule has 2 N–H and O–H groups in total. The molecule has 1 aliphatic rings. The maximum absolute atomic E-state index is 12.6. The summed E-state index contributed by atoms with van der Waals surface area (Å²) < 4.78 is 0. The standard InChI is InChI=1S/C18H22N2O/c1-20(17(21)18(13-19)9-4-10-18)12-14-7-8-15-5-2-3-6-16(15)11-14/h2-3,5-8,11H,4,9-10,12-13,19H2,1H3. The Balaban J connectivity index is 1.76. The Morgan fingerprint density at radius 1 is 1.19 bits per heavy atom. The molecular formula is C18H22N2O. The van der Waals surface area contributed by atoms with Gasteiger partial charge in [-0.25, -0.2) is 0 Å². The second kappa shape index (κ2) is 5.49. The molecule has 1 aliphatic carbocycles. The van der Waals surface area contributed by atoms with E-state index in [1.807, 2.05) is 24.1 Å². The van der Waals surface area contributed by atoms with Gasteiger partial charge in [0, 0.05) is 20.1 Å². The molecular weight excluding hydrogens is 260 g/mol. The molecule has 0 aromatic heterocycles. The average Bonchev–Trinajstić information content (AvgIpc) is 2.46. The maximum Gasteiger partial charge on any atom is 0.230 e. The van der Waals surface area contributed by atoms with Crippen molar-refractivity contribution >= 4 is 16.7 Å². The number of benzene rings is 2. The second-order valence-electron chi connectivity index (χ2n) is 6.18. The van der Waals surface area contributed by atoms with E-state index in [-0.39, 0.29) is 11.3 Å². The number of rotatable bonds is 4. The molecule has 0 heterocycles. The third kappa shape index (κ3) is 2.54. The van der Waals surface area contributed by atoms with E-state index >= 15 is 0 Å². The Hall–Kier alpha value is -1.87. The zero-order valence-electron chi connectivity index (χ0n) is 12.5. The number of nitrogens with zero attached hydrogens (tertiary/aromatic N) is 1. The predicted octanol–water partition coefficient (Wildman–Crippen LogP) is 2.93. The molecule has 2 aromatic rings. The normalized spacial score (nSPS) is 16.5. The van der Waals surface area contributed by atoms with Crippen molar-refractivity contribution in [2.24, 2.45) is 11.1 Å². The fourth-order valence-corrected chi connectivity index (χ4v) is 3.20. The lowest BCUT2D eigenvalue weighted by molar-refractivity contribution is -0.145. The first-order chi connectivity index (χ1) is 10.1. The van der Waals surface area contributed by atoms with Crippen LogP contribution in [-0.4, -0.2) is 24.4 Å². The summed E-state index contributed by atoms with van der Waals surface area (Å²) in [5.41, 5.74) is 6.70. The Morgan fingerprint density at radius 3 is 2.52 bits per heavy atom. The van der Waals surface area contributed by atoms with Gasteiger partial charge in [-0.2, -0.15) is 0 Å². The first-order valence-corrected chi connectivity index (χ1v) is 7.58. The molecule has 3 rings (SSSR count). The van der Waals surface area contributed by atoms with Gasteiger partial charge in [0.15, 0.2) is 0 Å². The number of fused-ring (bicyclic) bond motifs is 1. The minimum Gasteiger partial charge on any atom is -0.341 e. The molecule has 3 nitrogen and oxygen atoms in total. The Kier molecular flexibility index (Phi) is 3.68. The fraction of sp³-hybridized carbons (Fsp3) is 0.389. The van der Waals surface area contributed by atoms with E-state index in [4.69, 9.17) is 5.73 Å². The smallest absolute Gasteiger partial charge is 0.230 e. The molecule has 2 aromatic carbocycles. The summed E-state index contributed by atoms with van der Waals surface area (Å²) in [6, 6.07) is 14.7. The zero-order valence-corrected chi connectivity index (χ0v) is 12.5. The highest BCUT2D eigenvalue weighted by Crippen LogP contribution is 2.41. The van der Waals surface area contributed by atoms with Crippen LogP contribution in [0.15, 0.2) is 42.5 Å². The van der Waals surface area contributed by atoms with Crippen LogP contribution in [0.25, 0.3) is 10.8 Å². The summed E-state index contributed by atoms with van der Waals surface area (Å²) in [4.78, 5) is 14.4. The van der Waals surface area contributed by atoms with Crippen molar-refractivity contribution in [3.63, 3.8) is 0 Å². The lowest BCUT2D eigenvalue weighted by Gasteiger charge is -2.41. The monoisotopic (exact) mass is 282 g/mol. The van der Waals surface area contributed by atoms with Crippen molar-refractivity contribution < 1.29 is 4.79 Å². The van der Waals surface area contributed by atoms with Gasteiger partial charge < -0.3 is 10.6 Å². The van der Waals surface area contributed by atoms with E-state index < -0.39 is 0 Å². The molecule has 0 aliphatic heterocycles. The quantitative estimate of drug-likeness (QED) is 0.937. The highest BCUT2D eigenvalue weighted by Gasteiger charge is 2.44. The largest absolute Gasteiger partial charge is 0.341 e. The van der Waals surface area contributed by atoms with Gasteiger partial charge in [-0.1, -0.05) is 42.8 Å². The topological polar surface area (TPSA) is 46.3 Å². The molecule has 0 bridgehead atoms. The van der Waals surface area contributed by atoms with Gasteiger partial charge >= 0.3 is 0 Å². The Morgan fingerprint density at radius 2 is 1.90 bits per heavy atom. The van der Waals surface area contributed by atoms with Crippen LogP contribution in [-0.2, 0) is 11.3 Å². The van der Waals surface area contributed by atoms with Crippen molar-refractivity contribution in [2.75, 3.05) is 13.6 Å². The van der Waals surface area contributed by atoms with Gasteiger partial charge in [0.2, 0.25) is 5.91 Å². The molecule has 0 radical (unpaired) electrons. The van der Waals surface area contributed by atoms with Gasteiger partial charge in [-0.15, -0.1) is 0 Å². The lowest BCUT2D eigenvalue weighted by atomic mass is 9.68. The third-order valence-corrected chi connectivity index (χ3v) is 4.74. The van der Waals surface area contributed by atoms with Crippen LogP contribution in [0.2, 0.25) is 0 Å². The van der Waals surface area contributed by atoms with Crippen molar-refractivity contribution in [3.8, 4) is 0 Å². The minimum atomic E-state index is -0.286. The summed E-state index contributed by atoms with van der Waals surface area (Å²) in [5.74, 6) is 0.199. The van der Waals surface area contributed by atoms with Crippen LogP contribution in [0.4, 0.5) is 0 Å². The van der Waals surface area contributed by atoms with Crippen molar-refractivity contribution in [2.45, 2.75) is 25.8 Å². The van der Waals surface area contributed by atoms with Gasteiger partial charge in [-0.3, -0.25) is 4.79 Å². The molecule has 0 spiro atoms. The minimum absolute atomic E-state index is 0.199. The molecule has 1 amide bonds. The Labute approximate surface area is 125 Å². The van der Waals surface area contributed by atoms with E-state index in [0.29, 0.717) is 13.1 Å². The van der Waals surface area contributed by atoms with Crippen LogP contribution in [0.1, 0.15) is 24.8 Å². The van der Waals surface area contributed by atoms with Gasteiger partial charge in [0.05, 0.1) is 5.41 Å². The number of carbonyl (C=O) groups excluding carboxylic acids is 1. The van der Waals surface area contributed by atoms with Crippen LogP contribution in [0, 0.1) is 5.41 Å². The summed E-state index contributed by atoms with van der Waals surface area (Å²) >= 11 is 0. The van der Waals surface area contributed by atoms with Crippen molar-refractivity contribution in [3.05, 3.63) is 48.0 Å². The van der Waals surface area contributed by atoms with Gasteiger partial charge in [0.25, 0.3) is 0 Å². The predicted molar refractivity (Wildman–Crippen MR) is 85.8 cm³/mol. The average molecular weight is 282 g/mol.